The minimum absolute atomic E-state index is 0.165. The zero-order valence-electron chi connectivity index (χ0n) is 9.73. The molecule has 0 unspecified atom stereocenters. The third-order valence-electron chi connectivity index (χ3n) is 2.47. The third-order valence-corrected chi connectivity index (χ3v) is 3.83. The van der Waals surface area contributed by atoms with Crippen molar-refractivity contribution in [3.8, 4) is 0 Å². The molecule has 0 atom stereocenters. The Morgan fingerprint density at radius 3 is 2.72 bits per heavy atom. The summed E-state index contributed by atoms with van der Waals surface area (Å²) in [5.74, 6) is 0.0531. The Balaban J connectivity index is 2.24. The van der Waals surface area contributed by atoms with Crippen LogP contribution in [0.5, 0.6) is 0 Å². The van der Waals surface area contributed by atoms with E-state index in [0.717, 1.165) is 11.3 Å². The van der Waals surface area contributed by atoms with E-state index in [9.17, 15) is 9.59 Å². The maximum Gasteiger partial charge on any atom is 0.307 e. The molecule has 0 spiro atoms. The number of pyridine rings is 1. The Morgan fingerprint density at radius 1 is 1.50 bits per heavy atom. The molecule has 0 saturated heterocycles. The molecule has 0 aliphatic heterocycles. The molecule has 0 radical (unpaired) electrons. The number of aromatic nitrogens is 2. The highest BCUT2D eigenvalue weighted by molar-refractivity contribution is 7.11. The number of halogens is 1. The van der Waals surface area contributed by atoms with Crippen LogP contribution in [0.1, 0.15) is 15.4 Å². The molecule has 0 aliphatic carbocycles. The van der Waals surface area contributed by atoms with Gasteiger partial charge in [-0.1, -0.05) is 22.9 Å². The van der Waals surface area contributed by atoms with Crippen molar-refractivity contribution >= 4 is 34.7 Å². The fourth-order valence-corrected chi connectivity index (χ4v) is 2.34. The number of carbonyl (C=O) groups excluding carboxylic acids is 1. The number of nitrogens with one attached hydrogen (secondary N) is 1. The van der Waals surface area contributed by atoms with E-state index in [1.165, 1.54) is 10.8 Å². The highest BCUT2D eigenvalue weighted by atomic mass is 35.5. The summed E-state index contributed by atoms with van der Waals surface area (Å²) in [7, 11) is 1.63. The molecule has 7 heteroatoms. The summed E-state index contributed by atoms with van der Waals surface area (Å²) in [6, 6.07) is 3.23. The molecule has 2 rings (SSSR count). The van der Waals surface area contributed by atoms with Gasteiger partial charge >= 0.3 is 4.87 Å². The quantitative estimate of drug-likeness (QED) is 0.917. The molecular weight excluding hydrogens is 274 g/mol. The van der Waals surface area contributed by atoms with Gasteiger partial charge in [-0.05, 0) is 19.1 Å². The first-order valence-corrected chi connectivity index (χ1v) is 6.28. The Morgan fingerprint density at radius 2 is 2.22 bits per heavy atom. The van der Waals surface area contributed by atoms with Gasteiger partial charge in [0.15, 0.2) is 0 Å². The lowest BCUT2D eigenvalue weighted by Crippen LogP contribution is -2.13. The Hall–Kier alpha value is -1.66. The molecule has 0 bridgehead atoms. The fraction of sp³-hybridized carbons (Fsp3) is 0.182. The predicted octanol–water partition coefficient (Wildman–Crippen LogP) is 2.06. The molecule has 0 aliphatic rings. The van der Waals surface area contributed by atoms with Gasteiger partial charge in [-0.15, -0.1) is 0 Å². The summed E-state index contributed by atoms with van der Waals surface area (Å²) >= 11 is 6.61. The average Bonchev–Trinajstić information content (AvgIpc) is 2.60. The molecule has 1 N–H and O–H groups in total. The van der Waals surface area contributed by atoms with Gasteiger partial charge in [0.1, 0.15) is 10.7 Å². The number of thiazole rings is 1. The van der Waals surface area contributed by atoms with Crippen LogP contribution in [0.25, 0.3) is 0 Å². The van der Waals surface area contributed by atoms with E-state index in [0.29, 0.717) is 21.4 Å². The van der Waals surface area contributed by atoms with Gasteiger partial charge in [-0.25, -0.2) is 4.98 Å². The van der Waals surface area contributed by atoms with Crippen molar-refractivity contribution in [2.45, 2.75) is 6.92 Å². The summed E-state index contributed by atoms with van der Waals surface area (Å²) in [5, 5.41) is 3.11. The molecule has 94 valence electrons. The third kappa shape index (κ3) is 2.44. The highest BCUT2D eigenvalue weighted by Crippen LogP contribution is 2.14. The van der Waals surface area contributed by atoms with E-state index in [-0.39, 0.29) is 10.8 Å². The van der Waals surface area contributed by atoms with Gasteiger partial charge in [-0.2, -0.15) is 0 Å². The van der Waals surface area contributed by atoms with Gasteiger partial charge < -0.3 is 9.88 Å². The molecule has 0 aromatic carbocycles. The van der Waals surface area contributed by atoms with E-state index >= 15 is 0 Å². The minimum atomic E-state index is -0.343. The van der Waals surface area contributed by atoms with Crippen molar-refractivity contribution in [1.82, 2.24) is 9.55 Å². The number of carbonyl (C=O) groups is 1. The van der Waals surface area contributed by atoms with Crippen molar-refractivity contribution in [2.75, 3.05) is 5.32 Å². The second kappa shape index (κ2) is 4.91. The number of amides is 1. The molecule has 2 aromatic heterocycles. The van der Waals surface area contributed by atoms with Gasteiger partial charge in [-0.3, -0.25) is 9.59 Å². The second-order valence-corrected chi connectivity index (χ2v) is 5.06. The summed E-state index contributed by atoms with van der Waals surface area (Å²) in [6.45, 7) is 1.72. The fourth-order valence-electron chi connectivity index (χ4n) is 1.35. The van der Waals surface area contributed by atoms with Crippen LogP contribution in [0.15, 0.2) is 23.1 Å². The zero-order valence-corrected chi connectivity index (χ0v) is 11.3. The monoisotopic (exact) mass is 283 g/mol. The first-order chi connectivity index (χ1) is 8.49. The number of hydrogen-bond acceptors (Lipinski definition) is 4. The van der Waals surface area contributed by atoms with E-state index < -0.39 is 0 Å². The number of hydrogen-bond donors (Lipinski definition) is 1. The summed E-state index contributed by atoms with van der Waals surface area (Å²) in [4.78, 5) is 27.6. The number of anilines is 1. The van der Waals surface area contributed by atoms with Gasteiger partial charge in [0.05, 0.1) is 5.02 Å². The minimum Gasteiger partial charge on any atom is -0.306 e. The van der Waals surface area contributed by atoms with E-state index in [2.05, 4.69) is 10.3 Å². The van der Waals surface area contributed by atoms with Gasteiger partial charge in [0.2, 0.25) is 0 Å². The molecule has 5 nitrogen and oxygen atoms in total. The molecule has 18 heavy (non-hydrogen) atoms. The molecular formula is C11H10ClN3O2S. The van der Waals surface area contributed by atoms with Crippen molar-refractivity contribution in [1.29, 1.82) is 0 Å². The lowest BCUT2D eigenvalue weighted by Gasteiger charge is -2.03. The molecule has 1 amide bonds. The Kier molecular flexibility index (Phi) is 3.49. The van der Waals surface area contributed by atoms with E-state index in [4.69, 9.17) is 11.6 Å². The zero-order chi connectivity index (χ0) is 13.3. The van der Waals surface area contributed by atoms with E-state index in [1.54, 1.807) is 26.1 Å². The Bertz CT molecular complexity index is 645. The van der Waals surface area contributed by atoms with Crippen molar-refractivity contribution < 1.29 is 4.79 Å². The predicted molar refractivity (Wildman–Crippen MR) is 71.5 cm³/mol. The first kappa shape index (κ1) is 12.8. The summed E-state index contributed by atoms with van der Waals surface area (Å²) < 4.78 is 1.44. The second-order valence-electron chi connectivity index (χ2n) is 3.66. The molecule has 2 aromatic rings. The topological polar surface area (TPSA) is 64.0 Å². The first-order valence-electron chi connectivity index (χ1n) is 5.08. The van der Waals surface area contributed by atoms with Crippen LogP contribution in [0, 0.1) is 6.92 Å². The van der Waals surface area contributed by atoms with Crippen molar-refractivity contribution in [2.24, 2.45) is 7.05 Å². The van der Waals surface area contributed by atoms with E-state index in [1.807, 2.05) is 0 Å². The standard InChI is InChI=1S/C11H10ClN3O2S/c1-6-9(18-11(17)15(6)2)10(16)14-8-4-3-7(12)5-13-8/h3-5H,1-2H3,(H,13,14,16). The Labute approximate surface area is 112 Å². The van der Waals surface area contributed by atoms with Gasteiger partial charge in [0, 0.05) is 18.9 Å². The van der Waals surface area contributed by atoms with Crippen molar-refractivity contribution in [3.05, 3.63) is 43.6 Å². The van der Waals surface area contributed by atoms with Crippen LogP contribution < -0.4 is 10.2 Å². The summed E-state index contributed by atoms with van der Waals surface area (Å²) in [6.07, 6.45) is 1.44. The average molecular weight is 284 g/mol. The largest absolute Gasteiger partial charge is 0.307 e. The van der Waals surface area contributed by atoms with Crippen LogP contribution in [0.4, 0.5) is 5.82 Å². The van der Waals surface area contributed by atoms with Crippen LogP contribution in [0.2, 0.25) is 5.02 Å². The number of rotatable bonds is 2. The summed E-state index contributed by atoms with van der Waals surface area (Å²) in [5.41, 5.74) is 0.636. The van der Waals surface area contributed by atoms with Crippen LogP contribution in [-0.2, 0) is 7.05 Å². The molecule has 0 fully saturated rings. The normalized spacial score (nSPS) is 10.4. The van der Waals surface area contributed by atoms with Crippen LogP contribution in [-0.4, -0.2) is 15.5 Å². The molecule has 0 saturated carbocycles. The lowest BCUT2D eigenvalue weighted by molar-refractivity contribution is 0.102. The maximum atomic E-state index is 12.0. The maximum absolute atomic E-state index is 12.0. The van der Waals surface area contributed by atoms with Crippen molar-refractivity contribution in [3.63, 3.8) is 0 Å². The molecule has 2 heterocycles. The van der Waals surface area contributed by atoms with Crippen LogP contribution in [0.3, 0.4) is 0 Å². The number of nitrogens with zero attached hydrogens (tertiary/aromatic N) is 2. The van der Waals surface area contributed by atoms with Crippen LogP contribution >= 0.6 is 22.9 Å². The van der Waals surface area contributed by atoms with Gasteiger partial charge in [0.25, 0.3) is 5.91 Å². The SMILES string of the molecule is Cc1c(C(=O)Nc2ccc(Cl)cn2)sc(=O)n1C. The lowest BCUT2D eigenvalue weighted by atomic mass is 10.3. The smallest absolute Gasteiger partial charge is 0.306 e. The highest BCUT2D eigenvalue weighted by Gasteiger charge is 2.16.